The maximum atomic E-state index is 12.6. The van der Waals surface area contributed by atoms with E-state index < -0.39 is 0 Å². The topological polar surface area (TPSA) is 59.6 Å². The summed E-state index contributed by atoms with van der Waals surface area (Å²) in [4.78, 5) is 12.6. The molecule has 0 aromatic heterocycles. The van der Waals surface area contributed by atoms with Crippen molar-refractivity contribution < 1.29 is 14.3 Å². The summed E-state index contributed by atoms with van der Waals surface area (Å²) in [5.41, 5.74) is 2.47. The number of carbonyl (C=O) groups is 1. The van der Waals surface area contributed by atoms with Gasteiger partial charge in [0, 0.05) is 30.0 Å². The molecule has 1 aliphatic carbocycles. The number of amides is 1. The van der Waals surface area contributed by atoms with Crippen LogP contribution in [-0.2, 0) is 17.8 Å². The quantitative estimate of drug-likeness (QED) is 0.861. The molecule has 0 radical (unpaired) electrons. The van der Waals surface area contributed by atoms with Gasteiger partial charge in [0.05, 0.1) is 6.61 Å². The van der Waals surface area contributed by atoms with Crippen molar-refractivity contribution in [2.75, 3.05) is 19.7 Å². The Hall–Kier alpha value is -1.75. The first kappa shape index (κ1) is 16.7. The Morgan fingerprint density at radius 3 is 2.96 bits per heavy atom. The lowest BCUT2D eigenvalue weighted by Crippen LogP contribution is -2.33. The van der Waals surface area contributed by atoms with Crippen LogP contribution in [0.25, 0.3) is 0 Å². The van der Waals surface area contributed by atoms with Crippen LogP contribution < -0.4 is 20.1 Å². The van der Waals surface area contributed by atoms with E-state index in [1.165, 1.54) is 5.56 Å². The molecule has 2 unspecified atom stereocenters. The van der Waals surface area contributed by atoms with Gasteiger partial charge in [-0.25, -0.2) is 0 Å². The standard InChI is InChI=1S/C20H28N2O3/c1-3-24-17-9-14-8-13(2)25-18(14)10-15(17)12-22-19(23)16-11-20(16)4-6-21-7-5-20/h9-10,13,16,21H,3-8,11-12H2,1-2H3,(H,22,23). The summed E-state index contributed by atoms with van der Waals surface area (Å²) < 4.78 is 11.7. The van der Waals surface area contributed by atoms with E-state index in [1.807, 2.05) is 13.0 Å². The van der Waals surface area contributed by atoms with E-state index in [9.17, 15) is 4.79 Å². The van der Waals surface area contributed by atoms with Crippen molar-refractivity contribution in [1.29, 1.82) is 0 Å². The van der Waals surface area contributed by atoms with Gasteiger partial charge in [0.15, 0.2) is 0 Å². The van der Waals surface area contributed by atoms with Gasteiger partial charge in [-0.15, -0.1) is 0 Å². The third-order valence-electron chi connectivity index (χ3n) is 5.94. The fourth-order valence-electron chi connectivity index (χ4n) is 4.41. The van der Waals surface area contributed by atoms with Gasteiger partial charge in [-0.1, -0.05) is 0 Å². The summed E-state index contributed by atoms with van der Waals surface area (Å²) in [5, 5.41) is 6.52. The van der Waals surface area contributed by atoms with Gasteiger partial charge in [-0.3, -0.25) is 4.79 Å². The molecule has 2 heterocycles. The van der Waals surface area contributed by atoms with Gasteiger partial charge in [0.2, 0.25) is 5.91 Å². The minimum Gasteiger partial charge on any atom is -0.494 e. The van der Waals surface area contributed by atoms with Crippen LogP contribution in [0.4, 0.5) is 0 Å². The molecule has 25 heavy (non-hydrogen) atoms. The predicted molar refractivity (Wildman–Crippen MR) is 95.9 cm³/mol. The van der Waals surface area contributed by atoms with Crippen molar-refractivity contribution in [3.05, 3.63) is 23.3 Å². The van der Waals surface area contributed by atoms with Crippen LogP contribution in [0.2, 0.25) is 0 Å². The van der Waals surface area contributed by atoms with Crippen molar-refractivity contribution >= 4 is 5.91 Å². The van der Waals surface area contributed by atoms with Gasteiger partial charge in [0.1, 0.15) is 17.6 Å². The molecule has 1 amide bonds. The predicted octanol–water partition coefficient (Wildman–Crippen LogP) is 2.41. The fourth-order valence-corrected chi connectivity index (χ4v) is 4.41. The van der Waals surface area contributed by atoms with Gasteiger partial charge in [0.25, 0.3) is 0 Å². The Kier molecular flexibility index (Phi) is 4.36. The van der Waals surface area contributed by atoms with E-state index in [2.05, 4.69) is 23.6 Å². The van der Waals surface area contributed by atoms with Gasteiger partial charge in [-0.2, -0.15) is 0 Å². The second-order valence-corrected chi connectivity index (χ2v) is 7.72. The van der Waals surface area contributed by atoms with E-state index in [0.717, 1.165) is 55.8 Å². The number of piperidine rings is 1. The Bertz CT molecular complexity index is 667. The minimum atomic E-state index is 0.191. The summed E-state index contributed by atoms with van der Waals surface area (Å²) in [5.74, 6) is 2.18. The first-order chi connectivity index (χ1) is 12.1. The molecular weight excluding hydrogens is 316 g/mol. The Morgan fingerprint density at radius 2 is 2.20 bits per heavy atom. The molecule has 136 valence electrons. The second kappa shape index (κ2) is 6.52. The SMILES string of the molecule is CCOc1cc2c(cc1CNC(=O)C1CC13CCNCC3)OC(C)C2. The zero-order valence-corrected chi connectivity index (χ0v) is 15.2. The van der Waals surface area contributed by atoms with E-state index >= 15 is 0 Å². The van der Waals surface area contributed by atoms with Crippen LogP contribution in [0.15, 0.2) is 12.1 Å². The Labute approximate surface area is 149 Å². The highest BCUT2D eigenvalue weighted by Gasteiger charge is 2.57. The molecule has 5 heteroatoms. The van der Waals surface area contributed by atoms with Crippen LogP contribution in [0.5, 0.6) is 11.5 Å². The maximum Gasteiger partial charge on any atom is 0.223 e. The lowest BCUT2D eigenvalue weighted by molar-refractivity contribution is -0.123. The van der Waals surface area contributed by atoms with Crippen LogP contribution in [0.3, 0.4) is 0 Å². The molecule has 5 nitrogen and oxygen atoms in total. The van der Waals surface area contributed by atoms with Crippen LogP contribution >= 0.6 is 0 Å². The smallest absolute Gasteiger partial charge is 0.223 e. The molecule has 1 aromatic rings. The van der Waals surface area contributed by atoms with Crippen LogP contribution in [0, 0.1) is 11.3 Å². The largest absolute Gasteiger partial charge is 0.494 e. The van der Waals surface area contributed by atoms with Crippen molar-refractivity contribution in [3.8, 4) is 11.5 Å². The summed E-state index contributed by atoms with van der Waals surface area (Å²) >= 11 is 0. The van der Waals surface area contributed by atoms with Crippen LogP contribution in [0.1, 0.15) is 44.2 Å². The molecule has 0 bridgehead atoms. The average Bonchev–Trinajstić information content (AvgIpc) is 3.16. The summed E-state index contributed by atoms with van der Waals surface area (Å²) in [7, 11) is 0. The first-order valence-corrected chi connectivity index (χ1v) is 9.55. The fraction of sp³-hybridized carbons (Fsp3) is 0.650. The molecule has 1 saturated carbocycles. The number of hydrogen-bond donors (Lipinski definition) is 2. The number of nitrogens with one attached hydrogen (secondary N) is 2. The van der Waals surface area contributed by atoms with Crippen molar-refractivity contribution in [1.82, 2.24) is 10.6 Å². The molecule has 2 fully saturated rings. The molecular formula is C20H28N2O3. The normalized spacial score (nSPS) is 26.0. The number of benzene rings is 1. The van der Waals surface area contributed by atoms with Crippen molar-refractivity contribution in [2.45, 2.75) is 52.2 Å². The van der Waals surface area contributed by atoms with E-state index in [4.69, 9.17) is 9.47 Å². The van der Waals surface area contributed by atoms with Gasteiger partial charge < -0.3 is 20.1 Å². The monoisotopic (exact) mass is 344 g/mol. The number of fused-ring (bicyclic) bond motifs is 1. The third kappa shape index (κ3) is 3.22. The van der Waals surface area contributed by atoms with Crippen molar-refractivity contribution in [2.24, 2.45) is 11.3 Å². The number of carbonyl (C=O) groups excluding carboxylic acids is 1. The highest BCUT2D eigenvalue weighted by molar-refractivity contribution is 5.82. The molecule has 2 atom stereocenters. The second-order valence-electron chi connectivity index (χ2n) is 7.72. The molecule has 2 N–H and O–H groups in total. The van der Waals surface area contributed by atoms with Crippen LogP contribution in [-0.4, -0.2) is 31.7 Å². The van der Waals surface area contributed by atoms with E-state index in [1.54, 1.807) is 0 Å². The minimum absolute atomic E-state index is 0.191. The molecule has 4 rings (SSSR count). The first-order valence-electron chi connectivity index (χ1n) is 9.55. The highest BCUT2D eigenvalue weighted by Crippen LogP contribution is 2.58. The molecule has 1 aromatic carbocycles. The number of rotatable bonds is 5. The average molecular weight is 344 g/mol. The molecule has 1 spiro atoms. The number of ether oxygens (including phenoxy) is 2. The van der Waals surface area contributed by atoms with Gasteiger partial charge in [-0.05, 0) is 63.7 Å². The summed E-state index contributed by atoms with van der Waals surface area (Å²) in [6.45, 7) is 7.27. The Balaban J connectivity index is 1.42. The van der Waals surface area contributed by atoms with Crippen molar-refractivity contribution in [3.63, 3.8) is 0 Å². The summed E-state index contributed by atoms with van der Waals surface area (Å²) in [6, 6.07) is 4.12. The van der Waals surface area contributed by atoms with E-state index in [-0.39, 0.29) is 23.3 Å². The lowest BCUT2D eigenvalue weighted by atomic mass is 9.92. The molecule has 1 saturated heterocycles. The third-order valence-corrected chi connectivity index (χ3v) is 5.94. The molecule has 3 aliphatic rings. The lowest BCUT2D eigenvalue weighted by Gasteiger charge is -2.23. The zero-order chi connectivity index (χ0) is 17.4. The number of hydrogen-bond acceptors (Lipinski definition) is 4. The Morgan fingerprint density at radius 1 is 1.40 bits per heavy atom. The zero-order valence-electron chi connectivity index (χ0n) is 15.2. The molecule has 2 aliphatic heterocycles. The maximum absolute atomic E-state index is 12.6. The highest BCUT2D eigenvalue weighted by atomic mass is 16.5. The van der Waals surface area contributed by atoms with Gasteiger partial charge >= 0.3 is 0 Å². The summed E-state index contributed by atoms with van der Waals surface area (Å²) in [6.07, 6.45) is 4.42. The van der Waals surface area contributed by atoms with E-state index in [0.29, 0.717) is 13.2 Å².